The molecular weight excluding hydrogens is 544 g/mol. The number of halogens is 4. The summed E-state index contributed by atoms with van der Waals surface area (Å²) in [7, 11) is 0. The number of amidine groups is 1. The number of hydrogen-bond acceptors (Lipinski definition) is 7. The van der Waals surface area contributed by atoms with Crippen LogP contribution in [0.2, 0.25) is 0 Å². The maximum atomic E-state index is 13.6. The van der Waals surface area contributed by atoms with Crippen molar-refractivity contribution in [2.45, 2.75) is 30.9 Å². The number of thioether (sulfide) groups is 1. The number of aliphatic carboxylic acids is 1. The lowest BCUT2D eigenvalue weighted by atomic mass is 10.1. The Morgan fingerprint density at radius 2 is 1.85 bits per heavy atom. The van der Waals surface area contributed by atoms with Crippen LogP contribution in [0.5, 0.6) is 0 Å². The van der Waals surface area contributed by atoms with Crippen LogP contribution in [0.15, 0.2) is 76.3 Å². The van der Waals surface area contributed by atoms with Gasteiger partial charge in [0.1, 0.15) is 22.8 Å². The second-order valence-corrected chi connectivity index (χ2v) is 9.25. The van der Waals surface area contributed by atoms with Crippen LogP contribution in [0.1, 0.15) is 23.5 Å². The summed E-state index contributed by atoms with van der Waals surface area (Å²) in [6.45, 7) is 1.93. The highest BCUT2D eigenvalue weighted by Crippen LogP contribution is 2.41. The van der Waals surface area contributed by atoms with Crippen molar-refractivity contribution in [2.75, 3.05) is 5.32 Å². The van der Waals surface area contributed by atoms with Crippen molar-refractivity contribution in [1.82, 2.24) is 4.90 Å². The smallest absolute Gasteiger partial charge is 0.430 e. The van der Waals surface area contributed by atoms with Crippen LogP contribution in [-0.2, 0) is 20.9 Å². The SMILES string of the molecule is C[C@H]([NH3+])C(=O)Nc1ccc(C2SC(=Nc3cccc(F)c3)N(Cc3ccco3)C2=O)cc1.O=C([O-])C(F)(F)F. The summed E-state index contributed by atoms with van der Waals surface area (Å²) in [5, 5.41) is 11.5. The summed E-state index contributed by atoms with van der Waals surface area (Å²) in [5.41, 5.74) is 5.53. The molecule has 1 aliphatic heterocycles. The van der Waals surface area contributed by atoms with Crippen molar-refractivity contribution in [1.29, 1.82) is 0 Å². The van der Waals surface area contributed by atoms with Crippen LogP contribution in [0.25, 0.3) is 0 Å². The number of nitrogens with zero attached hydrogens (tertiary/aromatic N) is 2. The zero-order valence-electron chi connectivity index (χ0n) is 20.3. The molecule has 0 radical (unpaired) electrons. The fourth-order valence-corrected chi connectivity index (χ4v) is 4.29. The molecule has 4 N–H and O–H groups in total. The van der Waals surface area contributed by atoms with E-state index in [4.69, 9.17) is 14.3 Å². The number of aliphatic imine (C=N–C) groups is 1. The molecule has 2 heterocycles. The molecule has 3 aromatic rings. The Bertz CT molecular complexity index is 1350. The summed E-state index contributed by atoms with van der Waals surface area (Å²) in [5.74, 6) is -3.12. The lowest BCUT2D eigenvalue weighted by Gasteiger charge is -2.15. The highest BCUT2D eigenvalue weighted by Gasteiger charge is 2.39. The minimum atomic E-state index is -5.19. The molecule has 1 aromatic heterocycles. The summed E-state index contributed by atoms with van der Waals surface area (Å²) < 4.78 is 50.6. The molecule has 0 saturated carbocycles. The minimum absolute atomic E-state index is 0.148. The number of alkyl halides is 3. The van der Waals surface area contributed by atoms with Crippen molar-refractivity contribution >= 4 is 46.1 Å². The fourth-order valence-electron chi connectivity index (χ4n) is 3.12. The van der Waals surface area contributed by atoms with Crippen LogP contribution in [0.4, 0.5) is 28.9 Å². The molecule has 0 bridgehead atoms. The maximum Gasteiger partial charge on any atom is 0.430 e. The molecule has 1 saturated heterocycles. The number of furan rings is 1. The molecule has 1 fully saturated rings. The number of carbonyl (C=O) groups is 3. The van der Waals surface area contributed by atoms with Gasteiger partial charge >= 0.3 is 6.18 Å². The van der Waals surface area contributed by atoms with Gasteiger partial charge in [0.15, 0.2) is 11.2 Å². The molecule has 1 unspecified atom stereocenters. The van der Waals surface area contributed by atoms with E-state index in [-0.39, 0.29) is 24.4 Å². The van der Waals surface area contributed by atoms with Crippen LogP contribution in [0.3, 0.4) is 0 Å². The average molecular weight is 567 g/mol. The van der Waals surface area contributed by atoms with E-state index in [2.05, 4.69) is 16.0 Å². The monoisotopic (exact) mass is 566 g/mol. The van der Waals surface area contributed by atoms with Gasteiger partial charge in [0.2, 0.25) is 5.91 Å². The van der Waals surface area contributed by atoms with E-state index in [0.29, 0.717) is 22.3 Å². The van der Waals surface area contributed by atoms with E-state index < -0.39 is 23.2 Å². The number of benzene rings is 2. The predicted octanol–water partition coefficient (Wildman–Crippen LogP) is 2.79. The third-order valence-corrected chi connectivity index (χ3v) is 6.26. The molecule has 206 valence electrons. The number of nitrogens with one attached hydrogen (secondary N) is 1. The number of carboxylic acid groups (broad SMARTS) is 1. The highest BCUT2D eigenvalue weighted by atomic mass is 32.2. The Kier molecular flexibility index (Phi) is 9.48. The lowest BCUT2D eigenvalue weighted by molar-refractivity contribution is -0.396. The average Bonchev–Trinajstić information content (AvgIpc) is 3.48. The second-order valence-electron chi connectivity index (χ2n) is 8.17. The summed E-state index contributed by atoms with van der Waals surface area (Å²) >= 11 is 1.29. The van der Waals surface area contributed by atoms with Crippen molar-refractivity contribution in [2.24, 2.45) is 4.99 Å². The van der Waals surface area contributed by atoms with E-state index in [1.165, 1.54) is 23.9 Å². The number of rotatable bonds is 6. The topological polar surface area (TPSA) is 143 Å². The molecule has 14 heteroatoms. The molecule has 0 aliphatic carbocycles. The van der Waals surface area contributed by atoms with Gasteiger partial charge < -0.3 is 25.4 Å². The number of carboxylic acids is 1. The van der Waals surface area contributed by atoms with Gasteiger partial charge in [-0.15, -0.1) is 0 Å². The van der Waals surface area contributed by atoms with Gasteiger partial charge in [-0.2, -0.15) is 13.2 Å². The number of anilines is 1. The Morgan fingerprint density at radius 1 is 1.18 bits per heavy atom. The van der Waals surface area contributed by atoms with Crippen LogP contribution in [-0.4, -0.2) is 40.1 Å². The Hall–Kier alpha value is -4.17. The Morgan fingerprint density at radius 3 is 2.38 bits per heavy atom. The quantitative estimate of drug-likeness (QED) is 0.440. The van der Waals surface area contributed by atoms with E-state index >= 15 is 0 Å². The highest BCUT2D eigenvalue weighted by molar-refractivity contribution is 8.15. The Labute approximate surface area is 223 Å². The zero-order valence-corrected chi connectivity index (χ0v) is 21.1. The van der Waals surface area contributed by atoms with Gasteiger partial charge in [-0.1, -0.05) is 30.0 Å². The summed E-state index contributed by atoms with van der Waals surface area (Å²) in [6.07, 6.45) is -3.65. The third kappa shape index (κ3) is 8.15. The van der Waals surface area contributed by atoms with E-state index in [9.17, 15) is 27.2 Å². The molecule has 2 atom stereocenters. The lowest BCUT2D eigenvalue weighted by Crippen LogP contribution is -2.64. The number of quaternary nitrogens is 1. The van der Waals surface area contributed by atoms with Gasteiger partial charge in [0, 0.05) is 5.69 Å². The zero-order chi connectivity index (χ0) is 28.7. The molecule has 2 aromatic carbocycles. The van der Waals surface area contributed by atoms with Crippen molar-refractivity contribution in [3.05, 3.63) is 84.1 Å². The first kappa shape index (κ1) is 29.4. The summed E-state index contributed by atoms with van der Waals surface area (Å²) in [4.78, 5) is 40.0. The Balaban J connectivity index is 0.000000532. The van der Waals surface area contributed by atoms with Crippen molar-refractivity contribution in [3.8, 4) is 0 Å². The molecule has 1 aliphatic rings. The van der Waals surface area contributed by atoms with Gasteiger partial charge in [-0.3, -0.25) is 14.5 Å². The summed E-state index contributed by atoms with van der Waals surface area (Å²) in [6, 6.07) is 16.2. The third-order valence-electron chi connectivity index (χ3n) is 5.03. The first-order chi connectivity index (χ1) is 18.3. The maximum absolute atomic E-state index is 13.6. The molecular formula is C25H22F4N4O5S. The normalized spacial score (nSPS) is 17.0. The number of amides is 2. The van der Waals surface area contributed by atoms with E-state index in [0.717, 1.165) is 5.56 Å². The molecule has 2 amide bonds. The van der Waals surface area contributed by atoms with Crippen LogP contribution in [0, 0.1) is 5.82 Å². The molecule has 0 spiro atoms. The second kappa shape index (κ2) is 12.6. The van der Waals surface area contributed by atoms with Crippen molar-refractivity contribution in [3.63, 3.8) is 0 Å². The largest absolute Gasteiger partial charge is 0.542 e. The van der Waals surface area contributed by atoms with E-state index in [1.807, 2.05) is 0 Å². The van der Waals surface area contributed by atoms with Crippen molar-refractivity contribution < 1.29 is 47.2 Å². The van der Waals surface area contributed by atoms with Gasteiger partial charge in [-0.25, -0.2) is 9.38 Å². The van der Waals surface area contributed by atoms with Gasteiger partial charge in [-0.05, 0) is 55.0 Å². The number of carbonyl (C=O) groups excluding carboxylic acids is 3. The molecule has 39 heavy (non-hydrogen) atoms. The molecule has 4 rings (SSSR count). The number of hydrogen-bond donors (Lipinski definition) is 2. The fraction of sp³-hybridized carbons (Fsp3) is 0.200. The standard InChI is InChI=1S/C23H21FN4O3S.C2HF3O2/c1-14(25)21(29)26-17-9-7-15(8-10-17)20-22(30)28(13-19-6-3-11-31-19)23(32-20)27-18-5-2-4-16(24)12-18;3-2(4,5)1(6)7/h2-12,14,20H,13,25H2,1H3,(H,26,29);(H,6,7)/t14-,20?;/m0./s1. The van der Waals surface area contributed by atoms with Crippen LogP contribution >= 0.6 is 11.8 Å². The van der Waals surface area contributed by atoms with Crippen LogP contribution < -0.4 is 16.2 Å². The van der Waals surface area contributed by atoms with Gasteiger partial charge in [0.25, 0.3) is 5.91 Å². The predicted molar refractivity (Wildman–Crippen MR) is 132 cm³/mol. The van der Waals surface area contributed by atoms with E-state index in [1.54, 1.807) is 66.6 Å². The first-order valence-corrected chi connectivity index (χ1v) is 12.1. The molecule has 9 nitrogen and oxygen atoms in total. The first-order valence-electron chi connectivity index (χ1n) is 11.2. The van der Waals surface area contributed by atoms with Gasteiger partial charge in [0.05, 0.1) is 18.5 Å². The minimum Gasteiger partial charge on any atom is -0.542 e.